The summed E-state index contributed by atoms with van der Waals surface area (Å²) < 4.78 is 33.1. The molecule has 0 amide bonds. The lowest BCUT2D eigenvalue weighted by Crippen LogP contribution is -2.30. The van der Waals surface area contributed by atoms with Crippen molar-refractivity contribution in [2.24, 2.45) is 0 Å². The van der Waals surface area contributed by atoms with Gasteiger partial charge in [0.15, 0.2) is 5.82 Å². The highest BCUT2D eigenvalue weighted by Crippen LogP contribution is 2.14. The van der Waals surface area contributed by atoms with Crippen molar-refractivity contribution < 1.29 is 10.0 Å². The molecular weight excluding hydrogens is 154 g/mol. The molecule has 0 radical (unpaired) electrons. The van der Waals surface area contributed by atoms with E-state index < -0.39 is 18.8 Å². The predicted octanol–water partition coefficient (Wildman–Crippen LogP) is 1.05. The van der Waals surface area contributed by atoms with Crippen LogP contribution in [0.1, 0.15) is 25.1 Å². The van der Waals surface area contributed by atoms with Crippen LogP contribution in [0.5, 0.6) is 0 Å². The van der Waals surface area contributed by atoms with Crippen LogP contribution < -0.4 is 4.84 Å². The van der Waals surface area contributed by atoms with Gasteiger partial charge in [0.1, 0.15) is 1.37 Å². The molecule has 0 aliphatic heterocycles. The van der Waals surface area contributed by atoms with E-state index >= 15 is 0 Å². The van der Waals surface area contributed by atoms with Gasteiger partial charge in [0.25, 0.3) is 0 Å². The van der Waals surface area contributed by atoms with Gasteiger partial charge in [-0.25, -0.2) is 4.84 Å². The summed E-state index contributed by atoms with van der Waals surface area (Å²) in [6.45, 7) is -1.14. The predicted molar refractivity (Wildman–Crippen MR) is 36.3 cm³/mol. The Morgan fingerprint density at radius 2 is 2.90 bits per heavy atom. The number of rotatable bonds is 2. The summed E-state index contributed by atoms with van der Waals surface area (Å²) in [5.74, 6) is -0.169. The summed E-state index contributed by atoms with van der Waals surface area (Å²) in [6.07, 6.45) is -0.456. The van der Waals surface area contributed by atoms with E-state index in [0.717, 1.165) is 0 Å². The minimum absolute atomic E-state index is 0.169. The molecule has 10 heavy (non-hydrogen) atoms. The minimum Gasteiger partial charge on any atom is -0.343 e. The average Bonchev–Trinajstić information content (AvgIpc) is 2.48. The normalized spacial score (nSPS) is 23.8. The van der Waals surface area contributed by atoms with Crippen LogP contribution in [0, 0.1) is 0 Å². The Kier molecular flexibility index (Phi) is 0.942. The van der Waals surface area contributed by atoms with E-state index in [1.807, 2.05) is 0 Å². The first kappa shape index (κ1) is 3.69. The zero-order valence-electron chi connectivity index (χ0n) is 9.18. The van der Waals surface area contributed by atoms with Crippen molar-refractivity contribution in [1.29, 1.82) is 0 Å². The molecule has 1 aromatic rings. The molecule has 5 heteroatoms. The molecule has 0 aliphatic rings. The largest absolute Gasteiger partial charge is 0.343 e. The van der Waals surface area contributed by atoms with E-state index in [1.165, 1.54) is 6.92 Å². The molecule has 1 rings (SSSR count). The van der Waals surface area contributed by atoms with Crippen molar-refractivity contribution in [2.75, 3.05) is 0 Å². The van der Waals surface area contributed by atoms with Crippen molar-refractivity contribution in [3.8, 4) is 0 Å². The average molecular weight is 166 g/mol. The van der Waals surface area contributed by atoms with E-state index in [2.05, 4.69) is 19.5 Å². The summed E-state index contributed by atoms with van der Waals surface area (Å²) >= 11 is 5.34. The van der Waals surface area contributed by atoms with Gasteiger partial charge in [-0.05, 0) is 25.6 Å². The fraction of sp³-hybridized carbons (Fsp3) is 0.600. The van der Waals surface area contributed by atoms with E-state index in [9.17, 15) is 0 Å². The molecular formula is C5H8ClN3O. The highest BCUT2D eigenvalue weighted by Gasteiger charge is 2.23. The number of aromatic nitrogens is 2. The molecule has 1 heterocycles. The summed E-state index contributed by atoms with van der Waals surface area (Å²) in [6, 6.07) is 0. The topological polar surface area (TPSA) is 51.0 Å². The SMILES string of the molecule is [2H]c1nc(C(C)(NCl)C([2H])([2H])[2H])no1. The monoisotopic (exact) mass is 165 g/mol. The maximum Gasteiger partial charge on any atom is 0.213 e. The second-order valence-electron chi connectivity index (χ2n) is 1.93. The first-order valence-corrected chi connectivity index (χ1v) is 2.87. The van der Waals surface area contributed by atoms with Crippen molar-refractivity contribution in [3.05, 3.63) is 12.2 Å². The summed E-state index contributed by atoms with van der Waals surface area (Å²) in [7, 11) is 0. The van der Waals surface area contributed by atoms with E-state index in [-0.39, 0.29) is 5.82 Å². The Morgan fingerprint density at radius 3 is 3.30 bits per heavy atom. The maximum atomic E-state index is 7.24. The lowest BCUT2D eigenvalue weighted by molar-refractivity contribution is 0.379. The summed E-state index contributed by atoms with van der Waals surface area (Å²) in [4.78, 5) is 5.59. The molecule has 0 aromatic carbocycles. The molecule has 0 saturated heterocycles. The van der Waals surface area contributed by atoms with E-state index in [1.54, 1.807) is 0 Å². The van der Waals surface area contributed by atoms with Crippen molar-refractivity contribution in [3.63, 3.8) is 0 Å². The molecule has 1 N–H and O–H groups in total. The smallest absolute Gasteiger partial charge is 0.213 e. The van der Waals surface area contributed by atoms with Crippen molar-refractivity contribution >= 4 is 11.8 Å². The fourth-order valence-electron chi connectivity index (χ4n) is 0.393. The molecule has 0 bridgehead atoms. The second-order valence-corrected chi connectivity index (χ2v) is 2.12. The third kappa shape index (κ3) is 1.27. The van der Waals surface area contributed by atoms with Crippen LogP contribution in [-0.4, -0.2) is 10.1 Å². The minimum atomic E-state index is -2.44. The zero-order chi connectivity index (χ0) is 11.0. The van der Waals surface area contributed by atoms with Gasteiger partial charge in [-0.2, -0.15) is 4.98 Å². The van der Waals surface area contributed by atoms with Crippen LogP contribution in [0.25, 0.3) is 0 Å². The Balaban J connectivity index is 3.14. The van der Waals surface area contributed by atoms with Gasteiger partial charge in [-0.3, -0.25) is 0 Å². The van der Waals surface area contributed by atoms with Crippen LogP contribution in [-0.2, 0) is 5.54 Å². The molecule has 1 aromatic heterocycles. The van der Waals surface area contributed by atoms with Gasteiger partial charge in [-0.15, -0.1) is 0 Å². The van der Waals surface area contributed by atoms with Crippen LogP contribution in [0.4, 0.5) is 0 Å². The van der Waals surface area contributed by atoms with Gasteiger partial charge in [0, 0.05) is 4.11 Å². The third-order valence-corrected chi connectivity index (χ3v) is 1.34. The summed E-state index contributed by atoms with van der Waals surface area (Å²) in [5.41, 5.74) is -1.63. The first-order chi connectivity index (χ1) is 6.31. The Bertz CT molecular complexity index is 327. The van der Waals surface area contributed by atoms with Crippen LogP contribution in [0.2, 0.25) is 0 Å². The Hall–Kier alpha value is -0.610. The molecule has 0 fully saturated rings. The number of nitrogens with one attached hydrogen (secondary N) is 1. The second kappa shape index (κ2) is 2.56. The molecule has 56 valence electrons. The highest BCUT2D eigenvalue weighted by molar-refractivity contribution is 6.13. The maximum absolute atomic E-state index is 7.24. The number of nitrogens with zero attached hydrogens (tertiary/aromatic N) is 2. The Labute approximate surface area is 69.3 Å². The molecule has 1 atom stereocenters. The van der Waals surface area contributed by atoms with Crippen molar-refractivity contribution in [2.45, 2.75) is 19.3 Å². The van der Waals surface area contributed by atoms with Gasteiger partial charge >= 0.3 is 0 Å². The molecule has 4 nitrogen and oxygen atoms in total. The van der Waals surface area contributed by atoms with Gasteiger partial charge < -0.3 is 4.52 Å². The third-order valence-electron chi connectivity index (χ3n) is 0.961. The molecule has 0 saturated carbocycles. The molecule has 0 spiro atoms. The highest BCUT2D eigenvalue weighted by atomic mass is 35.5. The van der Waals surface area contributed by atoms with E-state index in [0.29, 0.717) is 0 Å². The number of hydrogen-bond acceptors (Lipinski definition) is 4. The number of halogens is 1. The quantitative estimate of drug-likeness (QED) is 0.666. The van der Waals surface area contributed by atoms with Crippen LogP contribution in [0.15, 0.2) is 10.9 Å². The van der Waals surface area contributed by atoms with Crippen molar-refractivity contribution in [1.82, 2.24) is 15.0 Å². The molecule has 1 unspecified atom stereocenters. The van der Waals surface area contributed by atoms with Gasteiger partial charge in [0.05, 0.1) is 5.54 Å². The summed E-state index contributed by atoms with van der Waals surface area (Å²) in [5, 5.41) is 3.34. The van der Waals surface area contributed by atoms with Gasteiger partial charge in [0.2, 0.25) is 6.37 Å². The van der Waals surface area contributed by atoms with E-state index in [4.69, 9.17) is 17.3 Å². The first-order valence-electron chi connectivity index (χ1n) is 4.50. The van der Waals surface area contributed by atoms with Crippen LogP contribution >= 0.6 is 11.8 Å². The van der Waals surface area contributed by atoms with Crippen LogP contribution in [0.3, 0.4) is 0 Å². The molecule has 0 aliphatic carbocycles. The Morgan fingerprint density at radius 1 is 2.10 bits per heavy atom. The lowest BCUT2D eigenvalue weighted by Gasteiger charge is -2.16. The fourth-order valence-corrected chi connectivity index (χ4v) is 0.478. The van der Waals surface area contributed by atoms with Gasteiger partial charge in [-0.1, -0.05) is 5.16 Å². The lowest BCUT2D eigenvalue weighted by atomic mass is 10.1. The standard InChI is InChI=1S/C5H8ClN3O/c1-5(2,9-6)4-7-3-10-8-4/h3,9H,1-2H3/i1D3,3D. The number of hydrogen-bond donors (Lipinski definition) is 1. The zero-order valence-corrected chi connectivity index (χ0v) is 5.94.